The van der Waals surface area contributed by atoms with E-state index in [1.165, 1.54) is 0 Å². The van der Waals surface area contributed by atoms with E-state index in [9.17, 15) is 4.21 Å². The van der Waals surface area contributed by atoms with Gasteiger partial charge in [0.25, 0.3) is 0 Å². The standard InChI is InChI=1S/C10H14N2OS.ClH/c13-14(10-3-6-12-7-10)8-9-1-4-11-5-2-9;/h1-2,4-5,10,12H,3,6-8H2;1H/t10-,14+;/m1./s1. The van der Waals surface area contributed by atoms with Crippen LogP contribution in [0.4, 0.5) is 0 Å². The maximum atomic E-state index is 11.9. The summed E-state index contributed by atoms with van der Waals surface area (Å²) in [5, 5.41) is 3.57. The molecule has 0 radical (unpaired) electrons. The van der Waals surface area contributed by atoms with Gasteiger partial charge in [-0.1, -0.05) is 0 Å². The van der Waals surface area contributed by atoms with Gasteiger partial charge in [-0.3, -0.25) is 9.19 Å². The molecule has 0 spiro atoms. The molecule has 0 aromatic carbocycles. The van der Waals surface area contributed by atoms with Crippen molar-refractivity contribution in [2.45, 2.75) is 17.4 Å². The summed E-state index contributed by atoms with van der Waals surface area (Å²) in [7, 11) is -0.737. The Morgan fingerprint density at radius 3 is 2.80 bits per heavy atom. The molecule has 0 amide bonds. The van der Waals surface area contributed by atoms with Crippen molar-refractivity contribution in [3.63, 3.8) is 0 Å². The molecule has 2 atom stereocenters. The van der Waals surface area contributed by atoms with Crippen LogP contribution in [0, 0.1) is 0 Å². The third-order valence-corrected chi connectivity index (χ3v) is 4.21. The van der Waals surface area contributed by atoms with E-state index >= 15 is 0 Å². The predicted octanol–water partition coefficient (Wildman–Crippen LogP) is 1.11. The molecule has 5 heteroatoms. The Balaban J connectivity index is 0.00000112. The van der Waals surface area contributed by atoms with Crippen molar-refractivity contribution >= 4 is 23.2 Å². The van der Waals surface area contributed by atoms with Crippen molar-refractivity contribution in [3.8, 4) is 0 Å². The molecule has 1 aromatic rings. The van der Waals surface area contributed by atoms with E-state index in [1.807, 2.05) is 12.1 Å². The SMILES string of the molecule is Cl.O=[S@@](Cc1ccncc1)[C@@H]1CCNC1. The summed E-state index contributed by atoms with van der Waals surface area (Å²) in [6.07, 6.45) is 4.54. The second-order valence-electron chi connectivity index (χ2n) is 3.50. The van der Waals surface area contributed by atoms with Gasteiger partial charge in [-0.05, 0) is 30.7 Å². The van der Waals surface area contributed by atoms with E-state index < -0.39 is 10.8 Å². The molecule has 1 N–H and O–H groups in total. The van der Waals surface area contributed by atoms with Crippen LogP contribution in [0.2, 0.25) is 0 Å². The summed E-state index contributed by atoms with van der Waals surface area (Å²) >= 11 is 0. The summed E-state index contributed by atoms with van der Waals surface area (Å²) in [6.45, 7) is 1.91. The molecular weight excluding hydrogens is 232 g/mol. The van der Waals surface area contributed by atoms with Gasteiger partial charge in [0, 0.05) is 40.7 Å². The lowest BCUT2D eigenvalue weighted by Gasteiger charge is -2.07. The van der Waals surface area contributed by atoms with Crippen LogP contribution in [-0.2, 0) is 16.6 Å². The van der Waals surface area contributed by atoms with Crippen LogP contribution in [0.25, 0.3) is 0 Å². The highest BCUT2D eigenvalue weighted by Gasteiger charge is 2.20. The van der Waals surface area contributed by atoms with Gasteiger partial charge in [0.05, 0.1) is 0 Å². The maximum Gasteiger partial charge on any atom is 0.0490 e. The van der Waals surface area contributed by atoms with Crippen molar-refractivity contribution < 1.29 is 4.21 Å². The van der Waals surface area contributed by atoms with Crippen LogP contribution in [0.3, 0.4) is 0 Å². The number of rotatable bonds is 3. The second kappa shape index (κ2) is 6.20. The normalized spacial score (nSPS) is 22.0. The monoisotopic (exact) mass is 246 g/mol. The zero-order valence-electron chi connectivity index (χ0n) is 8.39. The van der Waals surface area contributed by atoms with Gasteiger partial charge in [-0.15, -0.1) is 12.4 Å². The first kappa shape index (κ1) is 12.6. The molecular formula is C10H15ClN2OS. The zero-order chi connectivity index (χ0) is 9.80. The molecule has 2 heterocycles. The van der Waals surface area contributed by atoms with E-state index in [4.69, 9.17) is 0 Å². The minimum absolute atomic E-state index is 0. The van der Waals surface area contributed by atoms with Gasteiger partial charge in [0.2, 0.25) is 0 Å². The van der Waals surface area contributed by atoms with E-state index in [0.717, 1.165) is 25.1 Å². The number of nitrogens with one attached hydrogen (secondary N) is 1. The fraction of sp³-hybridized carbons (Fsp3) is 0.500. The highest BCUT2D eigenvalue weighted by molar-refractivity contribution is 7.84. The lowest BCUT2D eigenvalue weighted by atomic mass is 10.3. The number of aromatic nitrogens is 1. The molecule has 0 saturated carbocycles. The van der Waals surface area contributed by atoms with E-state index in [0.29, 0.717) is 11.0 Å². The predicted molar refractivity (Wildman–Crippen MR) is 64.6 cm³/mol. The minimum atomic E-state index is -0.737. The molecule has 1 aliphatic heterocycles. The van der Waals surface area contributed by atoms with Gasteiger partial charge < -0.3 is 5.32 Å². The third kappa shape index (κ3) is 3.55. The number of nitrogens with zero attached hydrogens (tertiary/aromatic N) is 1. The van der Waals surface area contributed by atoms with Crippen LogP contribution in [-0.4, -0.2) is 27.5 Å². The first-order chi connectivity index (χ1) is 6.86. The molecule has 1 saturated heterocycles. The quantitative estimate of drug-likeness (QED) is 0.869. The van der Waals surface area contributed by atoms with Gasteiger partial charge in [0.1, 0.15) is 0 Å². The first-order valence-electron chi connectivity index (χ1n) is 4.83. The van der Waals surface area contributed by atoms with E-state index in [-0.39, 0.29) is 12.4 Å². The lowest BCUT2D eigenvalue weighted by Crippen LogP contribution is -2.19. The van der Waals surface area contributed by atoms with Crippen LogP contribution >= 0.6 is 12.4 Å². The third-order valence-electron chi connectivity index (χ3n) is 2.45. The lowest BCUT2D eigenvalue weighted by molar-refractivity contribution is 0.672. The fourth-order valence-electron chi connectivity index (χ4n) is 1.61. The zero-order valence-corrected chi connectivity index (χ0v) is 10.0. The summed E-state index contributed by atoms with van der Waals surface area (Å²) in [6, 6.07) is 3.86. The van der Waals surface area contributed by atoms with Gasteiger partial charge >= 0.3 is 0 Å². The van der Waals surface area contributed by atoms with Crippen LogP contribution < -0.4 is 5.32 Å². The average Bonchev–Trinajstić information content (AvgIpc) is 2.72. The van der Waals surface area contributed by atoms with E-state index in [1.54, 1.807) is 12.4 Å². The first-order valence-corrected chi connectivity index (χ1v) is 6.21. The molecule has 1 aromatic heterocycles. The Bertz CT molecular complexity index is 314. The largest absolute Gasteiger partial charge is 0.315 e. The van der Waals surface area contributed by atoms with Crippen molar-refractivity contribution in [3.05, 3.63) is 30.1 Å². The summed E-state index contributed by atoms with van der Waals surface area (Å²) in [4.78, 5) is 3.94. The molecule has 84 valence electrons. The minimum Gasteiger partial charge on any atom is -0.315 e. The summed E-state index contributed by atoms with van der Waals surface area (Å²) in [5.41, 5.74) is 1.12. The second-order valence-corrected chi connectivity index (χ2v) is 5.21. The van der Waals surface area contributed by atoms with Crippen LogP contribution in [0.15, 0.2) is 24.5 Å². The molecule has 1 aliphatic rings. The van der Waals surface area contributed by atoms with Crippen molar-refractivity contribution in [1.82, 2.24) is 10.3 Å². The Morgan fingerprint density at radius 2 is 2.20 bits per heavy atom. The maximum absolute atomic E-state index is 11.9. The molecule has 0 bridgehead atoms. The Morgan fingerprint density at radius 1 is 1.47 bits per heavy atom. The summed E-state index contributed by atoms with van der Waals surface area (Å²) < 4.78 is 11.9. The molecule has 15 heavy (non-hydrogen) atoms. The molecule has 2 rings (SSSR count). The van der Waals surface area contributed by atoms with Gasteiger partial charge in [0.15, 0.2) is 0 Å². The number of hydrogen-bond acceptors (Lipinski definition) is 3. The highest BCUT2D eigenvalue weighted by atomic mass is 35.5. The molecule has 0 aliphatic carbocycles. The average molecular weight is 247 g/mol. The topological polar surface area (TPSA) is 42.0 Å². The number of pyridine rings is 1. The van der Waals surface area contributed by atoms with Gasteiger partial charge in [-0.25, -0.2) is 0 Å². The van der Waals surface area contributed by atoms with Crippen LogP contribution in [0.5, 0.6) is 0 Å². The van der Waals surface area contributed by atoms with Gasteiger partial charge in [-0.2, -0.15) is 0 Å². The van der Waals surface area contributed by atoms with Crippen molar-refractivity contribution in [1.29, 1.82) is 0 Å². The summed E-state index contributed by atoms with van der Waals surface area (Å²) in [5.74, 6) is 0.662. The number of halogens is 1. The molecule has 0 unspecified atom stereocenters. The Labute approximate surface area is 98.5 Å². The number of hydrogen-bond donors (Lipinski definition) is 1. The smallest absolute Gasteiger partial charge is 0.0490 e. The van der Waals surface area contributed by atoms with E-state index in [2.05, 4.69) is 10.3 Å². The molecule has 1 fully saturated rings. The highest BCUT2D eigenvalue weighted by Crippen LogP contribution is 2.11. The Hall–Kier alpha value is -0.450. The Kier molecular flexibility index (Phi) is 5.22. The molecule has 3 nitrogen and oxygen atoms in total. The van der Waals surface area contributed by atoms with Crippen LogP contribution in [0.1, 0.15) is 12.0 Å². The van der Waals surface area contributed by atoms with Crippen molar-refractivity contribution in [2.24, 2.45) is 0 Å². The fourth-order valence-corrected chi connectivity index (χ4v) is 3.05. The van der Waals surface area contributed by atoms with Crippen molar-refractivity contribution in [2.75, 3.05) is 13.1 Å².